The maximum atomic E-state index is 12.5. The van der Waals surface area contributed by atoms with Gasteiger partial charge in [0.05, 0.1) is 4.92 Å². The van der Waals surface area contributed by atoms with Gasteiger partial charge >= 0.3 is 24.1 Å². The summed E-state index contributed by atoms with van der Waals surface area (Å²) in [5, 5.41) is 25.4. The highest BCUT2D eigenvalue weighted by atomic mass is 16.6. The van der Waals surface area contributed by atoms with E-state index in [0.29, 0.717) is 71.5 Å². The van der Waals surface area contributed by atoms with Crippen LogP contribution in [0.1, 0.15) is 121 Å². The molecule has 0 spiro atoms. The average Bonchev–Trinajstić information content (AvgIpc) is 3.03. The van der Waals surface area contributed by atoms with Crippen molar-refractivity contribution in [2.75, 3.05) is 52.4 Å². The molecule has 0 radical (unpaired) electrons. The van der Waals surface area contributed by atoms with Gasteiger partial charge in [0.1, 0.15) is 28.1 Å². The third-order valence-electron chi connectivity index (χ3n) is 7.97. The Hall–Kier alpha value is -4.31. The molecule has 0 fully saturated rings. The van der Waals surface area contributed by atoms with Gasteiger partial charge in [0.2, 0.25) is 0 Å². The van der Waals surface area contributed by atoms with Crippen LogP contribution in [0.5, 0.6) is 0 Å². The van der Waals surface area contributed by atoms with Crippen molar-refractivity contribution in [1.29, 1.82) is 5.41 Å². The summed E-state index contributed by atoms with van der Waals surface area (Å²) in [6.07, 6.45) is 1.70. The number of carbonyl (C=O) groups is 4. The van der Waals surface area contributed by atoms with E-state index in [0.717, 1.165) is 5.56 Å². The molecule has 0 aliphatic carbocycles. The maximum absolute atomic E-state index is 12.5. The first kappa shape index (κ1) is 51.7. The van der Waals surface area contributed by atoms with Gasteiger partial charge < -0.3 is 39.4 Å². The Kier molecular flexibility index (Phi) is 21.3. The lowest BCUT2D eigenvalue weighted by Gasteiger charge is -2.32. The van der Waals surface area contributed by atoms with Crippen molar-refractivity contribution in [1.82, 2.24) is 20.4 Å². The minimum Gasteiger partial charge on any atom is -0.460 e. The van der Waals surface area contributed by atoms with Gasteiger partial charge in [-0.15, -0.1) is 0 Å². The molecule has 330 valence electrons. The zero-order valence-electron chi connectivity index (χ0n) is 37.2. The lowest BCUT2D eigenvalue weighted by Crippen LogP contribution is -2.44. The lowest BCUT2D eigenvalue weighted by atomic mass is 9.97. The highest BCUT2D eigenvalue weighted by Crippen LogP contribution is 2.19. The molecular formula is C42H72N6O10. The van der Waals surface area contributed by atoms with Crippen molar-refractivity contribution in [3.8, 4) is 0 Å². The Balaban J connectivity index is 3.36. The van der Waals surface area contributed by atoms with Crippen LogP contribution in [0.3, 0.4) is 0 Å². The van der Waals surface area contributed by atoms with E-state index in [9.17, 15) is 29.3 Å². The Bertz CT molecular complexity index is 1470. The van der Waals surface area contributed by atoms with Crippen LogP contribution < -0.4 is 10.6 Å². The van der Waals surface area contributed by atoms with Crippen LogP contribution >= 0.6 is 0 Å². The molecule has 0 bridgehead atoms. The van der Waals surface area contributed by atoms with E-state index in [2.05, 4.69) is 20.4 Å². The normalized spacial score (nSPS) is 12.8. The molecule has 2 amide bonds. The Labute approximate surface area is 346 Å². The van der Waals surface area contributed by atoms with Crippen molar-refractivity contribution >= 4 is 35.5 Å². The molecule has 1 unspecified atom stereocenters. The van der Waals surface area contributed by atoms with E-state index in [1.54, 1.807) is 74.4 Å². The van der Waals surface area contributed by atoms with Gasteiger partial charge in [-0.3, -0.25) is 20.3 Å². The minimum atomic E-state index is -0.724. The molecule has 0 aliphatic rings. The summed E-state index contributed by atoms with van der Waals surface area (Å²) in [5.41, 5.74) is -1.87. The van der Waals surface area contributed by atoms with Gasteiger partial charge in [-0.2, -0.15) is 0 Å². The third kappa shape index (κ3) is 26.6. The number of nitrogens with zero attached hydrogens (tertiary/aromatic N) is 3. The molecule has 0 aromatic heterocycles. The zero-order valence-corrected chi connectivity index (χ0v) is 37.2. The molecule has 0 aliphatic heterocycles. The lowest BCUT2D eigenvalue weighted by molar-refractivity contribution is -0.384. The molecular weight excluding hydrogens is 748 g/mol. The number of ether oxygens (including phenoxy) is 4. The molecule has 16 nitrogen and oxygen atoms in total. The second-order valence-corrected chi connectivity index (χ2v) is 18.6. The van der Waals surface area contributed by atoms with Crippen LogP contribution in [-0.4, -0.2) is 119 Å². The summed E-state index contributed by atoms with van der Waals surface area (Å²) in [6, 6.07) is 6.46. The Morgan fingerprint density at radius 3 is 1.53 bits per heavy atom. The van der Waals surface area contributed by atoms with E-state index in [4.69, 9.17) is 24.4 Å². The molecule has 1 aromatic carbocycles. The van der Waals surface area contributed by atoms with Gasteiger partial charge in [0.25, 0.3) is 5.69 Å². The average molecular weight is 821 g/mol. The molecule has 58 heavy (non-hydrogen) atoms. The molecule has 16 heteroatoms. The zero-order chi connectivity index (χ0) is 44.3. The van der Waals surface area contributed by atoms with Gasteiger partial charge in [0, 0.05) is 57.8 Å². The first-order chi connectivity index (χ1) is 26.6. The number of alkyl carbamates (subject to hydrolysis) is 2. The number of benzene rings is 1. The number of non-ortho nitro benzene ring substituents is 1. The summed E-state index contributed by atoms with van der Waals surface area (Å²) in [5.74, 6) is -0.985. The molecule has 1 atom stereocenters. The summed E-state index contributed by atoms with van der Waals surface area (Å²) in [7, 11) is 0. The number of nitro benzene ring substituents is 1. The van der Waals surface area contributed by atoms with Gasteiger partial charge in [-0.05, 0) is 140 Å². The minimum absolute atomic E-state index is 0.0117. The standard InChI is InChI=1S/C42H72N6O10/c1-39(2,3)55-35(49)17-13-14-24-46(26-22-44-37(51)57-41(7,8)9)29-32(28-31-18-20-33(21-19-31)48(53)54)30-47(27-23-45-38(52)58-42(10,11)12)25-15-16-34(43)36(50)56-40(4,5)6/h18-21,32,43H,13-17,22-30H2,1-12H3,(H,44,51)(H,45,52). The fourth-order valence-electron chi connectivity index (χ4n) is 5.77. The highest BCUT2D eigenvalue weighted by Gasteiger charge is 2.24. The van der Waals surface area contributed by atoms with Crippen molar-refractivity contribution in [3.63, 3.8) is 0 Å². The molecule has 3 N–H and O–H groups in total. The number of unbranched alkanes of at least 4 members (excludes halogenated alkanes) is 1. The van der Waals surface area contributed by atoms with E-state index >= 15 is 0 Å². The third-order valence-corrected chi connectivity index (χ3v) is 7.97. The number of nitro groups is 1. The molecule has 0 saturated carbocycles. The van der Waals surface area contributed by atoms with Crippen LogP contribution in [0.15, 0.2) is 24.3 Å². The molecule has 0 saturated heterocycles. The first-order valence-electron chi connectivity index (χ1n) is 20.2. The van der Waals surface area contributed by atoms with Crippen molar-refractivity contribution < 1.29 is 43.0 Å². The maximum Gasteiger partial charge on any atom is 0.407 e. The predicted molar refractivity (Wildman–Crippen MR) is 224 cm³/mol. The van der Waals surface area contributed by atoms with Crippen LogP contribution in [-0.2, 0) is 35.0 Å². The number of nitrogens with one attached hydrogen (secondary N) is 3. The summed E-state index contributed by atoms with van der Waals surface area (Å²) in [6.45, 7) is 25.2. The number of amides is 2. The molecule has 1 rings (SSSR count). The van der Waals surface area contributed by atoms with E-state index in [1.807, 2.05) is 20.8 Å². The van der Waals surface area contributed by atoms with Crippen molar-refractivity contribution in [3.05, 3.63) is 39.9 Å². The largest absolute Gasteiger partial charge is 0.460 e. The first-order valence-corrected chi connectivity index (χ1v) is 20.2. The highest BCUT2D eigenvalue weighted by molar-refractivity contribution is 6.35. The fraction of sp³-hybridized carbons (Fsp3) is 0.738. The van der Waals surface area contributed by atoms with Crippen LogP contribution in [0.2, 0.25) is 0 Å². The Morgan fingerprint density at radius 1 is 0.655 bits per heavy atom. The van der Waals surface area contributed by atoms with Crippen molar-refractivity contribution in [2.45, 2.75) is 144 Å². The smallest absolute Gasteiger partial charge is 0.407 e. The molecule has 0 heterocycles. The quantitative estimate of drug-likeness (QED) is 0.0254. The SMILES string of the molecule is CC(C)(C)OC(=O)CCCCN(CCNC(=O)OC(C)(C)C)CC(Cc1ccc([N+](=O)[O-])cc1)CN(CCCC(=N)C(=O)OC(C)(C)C)CCNC(=O)OC(C)(C)C. The second kappa shape index (κ2) is 23.9. The Morgan fingerprint density at radius 2 is 1.10 bits per heavy atom. The van der Waals surface area contributed by atoms with Crippen molar-refractivity contribution in [2.24, 2.45) is 5.92 Å². The second-order valence-electron chi connectivity index (χ2n) is 18.6. The van der Waals surface area contributed by atoms with Crippen LogP contribution in [0.4, 0.5) is 15.3 Å². The number of hydrogen-bond acceptors (Lipinski definition) is 13. The number of hydrogen-bond donors (Lipinski definition) is 3. The van der Waals surface area contributed by atoms with Crippen LogP contribution in [0.25, 0.3) is 0 Å². The van der Waals surface area contributed by atoms with Gasteiger partial charge in [0.15, 0.2) is 0 Å². The van der Waals surface area contributed by atoms with E-state index in [-0.39, 0.29) is 42.7 Å². The van der Waals surface area contributed by atoms with E-state index in [1.165, 1.54) is 12.1 Å². The molecule has 1 aromatic rings. The van der Waals surface area contributed by atoms with Gasteiger partial charge in [-0.1, -0.05) is 12.1 Å². The summed E-state index contributed by atoms with van der Waals surface area (Å²) < 4.78 is 21.7. The number of carbonyl (C=O) groups excluding carboxylic acids is 4. The number of rotatable bonds is 23. The fourth-order valence-corrected chi connectivity index (χ4v) is 5.77. The van der Waals surface area contributed by atoms with Crippen LogP contribution in [0, 0.1) is 21.4 Å². The predicted octanol–water partition coefficient (Wildman–Crippen LogP) is 7.06. The van der Waals surface area contributed by atoms with Gasteiger partial charge in [-0.25, -0.2) is 14.4 Å². The topological polar surface area (TPSA) is 203 Å². The number of esters is 2. The monoisotopic (exact) mass is 821 g/mol. The summed E-state index contributed by atoms with van der Waals surface area (Å²) in [4.78, 5) is 65.4. The van der Waals surface area contributed by atoms with E-state index < -0.39 is 45.5 Å². The summed E-state index contributed by atoms with van der Waals surface area (Å²) >= 11 is 0.